The Kier molecular flexibility index (Phi) is 5.63. The molecule has 104 valence electrons. The molecule has 1 heterocycles. The highest BCUT2D eigenvalue weighted by Gasteiger charge is 2.24. The van der Waals surface area contributed by atoms with E-state index < -0.39 is 0 Å². The van der Waals surface area contributed by atoms with Crippen LogP contribution < -0.4 is 5.32 Å². The Bertz CT molecular complexity index is 378. The second-order valence-corrected chi connectivity index (χ2v) is 5.32. The molecule has 0 unspecified atom stereocenters. The largest absolute Gasteiger partial charge is 0.396 e. The molecule has 1 rings (SSSR count). The molecule has 1 aromatic heterocycles. The van der Waals surface area contributed by atoms with Crippen molar-refractivity contribution in [1.82, 2.24) is 15.1 Å². The summed E-state index contributed by atoms with van der Waals surface area (Å²) < 4.78 is 1.81. The van der Waals surface area contributed by atoms with Gasteiger partial charge < -0.3 is 10.4 Å². The summed E-state index contributed by atoms with van der Waals surface area (Å²) in [5, 5.41) is 17.9. The van der Waals surface area contributed by atoms with Crippen LogP contribution in [-0.4, -0.2) is 28.0 Å². The van der Waals surface area contributed by atoms with Crippen LogP contribution in [0, 0.1) is 12.3 Å². The molecule has 2 N–H and O–H groups in total. The van der Waals surface area contributed by atoms with Crippen molar-refractivity contribution in [2.24, 2.45) is 12.5 Å². The van der Waals surface area contributed by atoms with Crippen molar-refractivity contribution in [3.8, 4) is 0 Å². The Morgan fingerprint density at radius 2 is 2.00 bits per heavy atom. The van der Waals surface area contributed by atoms with Crippen molar-refractivity contribution in [1.29, 1.82) is 0 Å². The van der Waals surface area contributed by atoms with Gasteiger partial charge in [0, 0.05) is 32.2 Å². The predicted octanol–water partition coefficient (Wildman–Crippen LogP) is 2.27. The van der Waals surface area contributed by atoms with Crippen LogP contribution in [0.3, 0.4) is 0 Å². The quantitative estimate of drug-likeness (QED) is 0.801. The van der Waals surface area contributed by atoms with Crippen molar-refractivity contribution < 1.29 is 5.11 Å². The van der Waals surface area contributed by atoms with E-state index in [1.807, 2.05) is 18.7 Å². The van der Waals surface area contributed by atoms with E-state index in [0.717, 1.165) is 35.8 Å². The Morgan fingerprint density at radius 3 is 2.39 bits per heavy atom. The van der Waals surface area contributed by atoms with Crippen molar-refractivity contribution in [2.75, 3.05) is 13.2 Å². The number of rotatable bonds is 7. The van der Waals surface area contributed by atoms with E-state index in [-0.39, 0.29) is 12.0 Å². The molecule has 0 atom stereocenters. The molecule has 4 nitrogen and oxygen atoms in total. The van der Waals surface area contributed by atoms with E-state index in [1.54, 1.807) is 0 Å². The lowest BCUT2D eigenvalue weighted by molar-refractivity contribution is 0.113. The van der Waals surface area contributed by atoms with Crippen LogP contribution in [0.4, 0.5) is 0 Å². The fourth-order valence-corrected chi connectivity index (χ4v) is 2.32. The van der Waals surface area contributed by atoms with E-state index in [0.29, 0.717) is 6.54 Å². The molecule has 5 heteroatoms. The molecule has 18 heavy (non-hydrogen) atoms. The Labute approximate surface area is 114 Å². The minimum absolute atomic E-state index is 0.0277. The number of hydrogen-bond acceptors (Lipinski definition) is 3. The molecule has 1 aromatic rings. The van der Waals surface area contributed by atoms with E-state index in [9.17, 15) is 5.11 Å². The Balaban J connectivity index is 2.61. The van der Waals surface area contributed by atoms with Gasteiger partial charge in [0.2, 0.25) is 0 Å². The summed E-state index contributed by atoms with van der Waals surface area (Å²) in [6.45, 7) is 7.81. The summed E-state index contributed by atoms with van der Waals surface area (Å²) in [6.07, 6.45) is 1.93. The highest BCUT2D eigenvalue weighted by atomic mass is 35.5. The minimum atomic E-state index is -0.0277. The first-order valence-corrected chi connectivity index (χ1v) is 6.87. The smallest absolute Gasteiger partial charge is 0.0860 e. The molecule has 0 aromatic carbocycles. The topological polar surface area (TPSA) is 50.1 Å². The lowest BCUT2D eigenvalue weighted by atomic mass is 9.83. The zero-order chi connectivity index (χ0) is 13.8. The molecule has 0 radical (unpaired) electrons. The average Bonchev–Trinajstić information content (AvgIpc) is 2.61. The first kappa shape index (κ1) is 15.5. The van der Waals surface area contributed by atoms with Gasteiger partial charge in [0.1, 0.15) is 0 Å². The molecule has 0 spiro atoms. The Hall–Kier alpha value is -0.580. The highest BCUT2D eigenvalue weighted by molar-refractivity contribution is 6.31. The zero-order valence-electron chi connectivity index (χ0n) is 11.8. The van der Waals surface area contributed by atoms with Gasteiger partial charge in [-0.1, -0.05) is 25.4 Å². The fraction of sp³-hybridized carbons (Fsp3) is 0.769. The molecule has 0 bridgehead atoms. The maximum atomic E-state index is 9.50. The van der Waals surface area contributed by atoms with Gasteiger partial charge in [0.15, 0.2) is 0 Å². The van der Waals surface area contributed by atoms with Crippen molar-refractivity contribution in [2.45, 2.75) is 40.2 Å². The van der Waals surface area contributed by atoms with E-state index in [1.165, 1.54) is 0 Å². The number of hydrogen-bond donors (Lipinski definition) is 2. The van der Waals surface area contributed by atoms with E-state index in [2.05, 4.69) is 24.3 Å². The van der Waals surface area contributed by atoms with Crippen LogP contribution in [-0.2, 0) is 13.6 Å². The maximum absolute atomic E-state index is 9.50. The van der Waals surface area contributed by atoms with Gasteiger partial charge >= 0.3 is 0 Å². The van der Waals surface area contributed by atoms with Gasteiger partial charge in [0.25, 0.3) is 0 Å². The molecule has 0 aliphatic heterocycles. The zero-order valence-corrected chi connectivity index (χ0v) is 12.5. The predicted molar refractivity (Wildman–Crippen MR) is 74.8 cm³/mol. The second kappa shape index (κ2) is 6.55. The summed E-state index contributed by atoms with van der Waals surface area (Å²) in [6, 6.07) is 0. The highest BCUT2D eigenvalue weighted by Crippen LogP contribution is 2.25. The van der Waals surface area contributed by atoms with E-state index in [4.69, 9.17) is 11.6 Å². The fourth-order valence-electron chi connectivity index (χ4n) is 2.10. The monoisotopic (exact) mass is 273 g/mol. The van der Waals surface area contributed by atoms with Gasteiger partial charge in [-0.15, -0.1) is 0 Å². The third kappa shape index (κ3) is 3.25. The number of nitrogens with zero attached hydrogens (tertiary/aromatic N) is 2. The van der Waals surface area contributed by atoms with Crippen LogP contribution in [0.5, 0.6) is 0 Å². The number of aryl methyl sites for hydroxylation is 2. The molecule has 0 amide bonds. The van der Waals surface area contributed by atoms with Crippen LogP contribution >= 0.6 is 11.6 Å². The van der Waals surface area contributed by atoms with E-state index >= 15 is 0 Å². The van der Waals surface area contributed by atoms with Crippen molar-refractivity contribution in [3.63, 3.8) is 0 Å². The summed E-state index contributed by atoms with van der Waals surface area (Å²) >= 11 is 6.19. The van der Waals surface area contributed by atoms with Gasteiger partial charge in [-0.3, -0.25) is 4.68 Å². The van der Waals surface area contributed by atoms with Crippen LogP contribution in [0.2, 0.25) is 5.02 Å². The molecule has 0 saturated heterocycles. The molecular weight excluding hydrogens is 250 g/mol. The van der Waals surface area contributed by atoms with Crippen molar-refractivity contribution >= 4 is 11.6 Å². The number of halogens is 1. The first-order chi connectivity index (χ1) is 8.49. The van der Waals surface area contributed by atoms with Gasteiger partial charge in [0.05, 0.1) is 16.4 Å². The first-order valence-electron chi connectivity index (χ1n) is 6.49. The number of nitrogens with one attached hydrogen (secondary N) is 1. The molecular formula is C13H24ClN3O. The lowest BCUT2D eigenvalue weighted by Crippen LogP contribution is -2.36. The second-order valence-electron chi connectivity index (χ2n) is 4.94. The lowest BCUT2D eigenvalue weighted by Gasteiger charge is -2.29. The van der Waals surface area contributed by atoms with Crippen LogP contribution in [0.1, 0.15) is 38.1 Å². The van der Waals surface area contributed by atoms with Crippen LogP contribution in [0.15, 0.2) is 0 Å². The van der Waals surface area contributed by atoms with Crippen LogP contribution in [0.25, 0.3) is 0 Å². The number of aliphatic hydroxyl groups excluding tert-OH is 1. The van der Waals surface area contributed by atoms with Crippen molar-refractivity contribution in [3.05, 3.63) is 16.4 Å². The number of aromatic nitrogens is 2. The van der Waals surface area contributed by atoms with Gasteiger partial charge in [-0.05, 0) is 19.8 Å². The third-order valence-corrected chi connectivity index (χ3v) is 4.38. The minimum Gasteiger partial charge on any atom is -0.396 e. The summed E-state index contributed by atoms with van der Waals surface area (Å²) in [7, 11) is 1.90. The third-order valence-electron chi connectivity index (χ3n) is 3.89. The van der Waals surface area contributed by atoms with Gasteiger partial charge in [-0.2, -0.15) is 5.10 Å². The SMILES string of the molecule is CCC(CC)(CO)CNCc1c(Cl)c(C)nn1C. The molecule has 0 saturated carbocycles. The number of aliphatic hydroxyl groups is 1. The summed E-state index contributed by atoms with van der Waals surface area (Å²) in [5.41, 5.74) is 1.82. The molecule has 0 aliphatic carbocycles. The summed E-state index contributed by atoms with van der Waals surface area (Å²) in [5.74, 6) is 0. The maximum Gasteiger partial charge on any atom is 0.0860 e. The molecule has 0 aliphatic rings. The standard InChI is InChI=1S/C13H24ClN3O/c1-5-13(6-2,9-18)8-15-7-11-12(14)10(3)16-17(11)4/h15,18H,5-9H2,1-4H3. The average molecular weight is 274 g/mol. The normalized spacial score (nSPS) is 12.1. The van der Waals surface area contributed by atoms with Gasteiger partial charge in [-0.25, -0.2) is 0 Å². The summed E-state index contributed by atoms with van der Waals surface area (Å²) in [4.78, 5) is 0. The molecule has 0 fully saturated rings. The Morgan fingerprint density at radius 1 is 1.39 bits per heavy atom.